The molecular weight excluding hydrogens is 251 g/mol. The summed E-state index contributed by atoms with van der Waals surface area (Å²) in [5.74, 6) is -2.28. The van der Waals surface area contributed by atoms with E-state index in [4.69, 9.17) is 5.11 Å². The van der Waals surface area contributed by atoms with Crippen molar-refractivity contribution in [2.75, 3.05) is 6.54 Å². The van der Waals surface area contributed by atoms with Gasteiger partial charge in [-0.3, -0.25) is 9.59 Å². The summed E-state index contributed by atoms with van der Waals surface area (Å²) in [6, 6.07) is 0. The molecule has 4 nitrogen and oxygen atoms in total. The zero-order valence-electron chi connectivity index (χ0n) is 10.4. The smallest absolute Gasteiger partial charge is 0.397 e. The van der Waals surface area contributed by atoms with Crippen molar-refractivity contribution in [3.05, 3.63) is 0 Å². The molecule has 7 heteroatoms. The molecule has 2 N–H and O–H groups in total. The Bertz CT molecular complexity index is 290. The summed E-state index contributed by atoms with van der Waals surface area (Å²) in [5.41, 5.74) is 0. The Morgan fingerprint density at radius 1 is 1.28 bits per heavy atom. The van der Waals surface area contributed by atoms with Crippen LogP contribution in [0.3, 0.4) is 0 Å². The number of carbonyl (C=O) groups is 2. The molecule has 0 aliphatic rings. The maximum absolute atomic E-state index is 11.9. The lowest BCUT2D eigenvalue weighted by Gasteiger charge is -2.18. The molecule has 18 heavy (non-hydrogen) atoms. The fourth-order valence-electron chi connectivity index (χ4n) is 1.66. The van der Waals surface area contributed by atoms with Crippen LogP contribution in [0.15, 0.2) is 0 Å². The maximum atomic E-state index is 11.9. The molecule has 0 heterocycles. The lowest BCUT2D eigenvalue weighted by Crippen LogP contribution is -2.33. The maximum Gasteiger partial charge on any atom is 0.397 e. The molecule has 0 aromatic rings. The minimum atomic E-state index is -4.54. The highest BCUT2D eigenvalue weighted by Crippen LogP contribution is 2.19. The van der Waals surface area contributed by atoms with E-state index in [1.54, 1.807) is 0 Å². The van der Waals surface area contributed by atoms with Crippen LogP contribution in [-0.4, -0.2) is 29.7 Å². The van der Waals surface area contributed by atoms with Crippen LogP contribution in [-0.2, 0) is 9.59 Å². The van der Waals surface area contributed by atoms with Crippen molar-refractivity contribution in [3.8, 4) is 0 Å². The molecule has 1 amide bonds. The van der Waals surface area contributed by atoms with Gasteiger partial charge in [0.2, 0.25) is 5.91 Å². The number of alkyl halides is 3. The van der Waals surface area contributed by atoms with Gasteiger partial charge in [-0.1, -0.05) is 13.8 Å². The van der Waals surface area contributed by atoms with Crippen molar-refractivity contribution in [2.24, 2.45) is 11.8 Å². The molecule has 0 aliphatic heterocycles. The summed E-state index contributed by atoms with van der Waals surface area (Å²) in [7, 11) is 0. The first-order valence-electron chi connectivity index (χ1n) is 5.65. The van der Waals surface area contributed by atoms with E-state index in [0.29, 0.717) is 6.42 Å². The van der Waals surface area contributed by atoms with E-state index in [2.05, 4.69) is 5.32 Å². The number of halogens is 3. The van der Waals surface area contributed by atoms with E-state index in [1.165, 1.54) is 0 Å². The highest BCUT2D eigenvalue weighted by molar-refractivity contribution is 5.76. The summed E-state index contributed by atoms with van der Waals surface area (Å²) in [4.78, 5) is 21.5. The Morgan fingerprint density at radius 3 is 2.22 bits per heavy atom. The third-order valence-corrected chi connectivity index (χ3v) is 2.22. The van der Waals surface area contributed by atoms with Crippen molar-refractivity contribution in [2.45, 2.75) is 39.3 Å². The topological polar surface area (TPSA) is 66.4 Å². The van der Waals surface area contributed by atoms with E-state index in [1.807, 2.05) is 13.8 Å². The van der Waals surface area contributed by atoms with Crippen molar-refractivity contribution >= 4 is 11.9 Å². The minimum Gasteiger partial charge on any atom is -0.481 e. The van der Waals surface area contributed by atoms with Gasteiger partial charge in [0, 0.05) is 13.0 Å². The average molecular weight is 269 g/mol. The molecule has 0 aromatic carbocycles. The molecule has 0 spiro atoms. The number of hydrogen-bond acceptors (Lipinski definition) is 2. The monoisotopic (exact) mass is 269 g/mol. The molecule has 0 bridgehead atoms. The van der Waals surface area contributed by atoms with Crippen LogP contribution >= 0.6 is 0 Å². The molecule has 0 fully saturated rings. The average Bonchev–Trinajstić information content (AvgIpc) is 2.09. The van der Waals surface area contributed by atoms with Gasteiger partial charge < -0.3 is 10.4 Å². The van der Waals surface area contributed by atoms with E-state index in [-0.39, 0.29) is 24.8 Å². The molecule has 1 atom stereocenters. The number of rotatable bonds is 7. The van der Waals surface area contributed by atoms with Crippen molar-refractivity contribution in [1.82, 2.24) is 5.32 Å². The Morgan fingerprint density at radius 2 is 1.83 bits per heavy atom. The Hall–Kier alpha value is -1.27. The Kier molecular flexibility index (Phi) is 6.72. The molecule has 0 aliphatic carbocycles. The zero-order chi connectivity index (χ0) is 14.3. The van der Waals surface area contributed by atoms with Gasteiger partial charge in [0.25, 0.3) is 0 Å². The first-order valence-corrected chi connectivity index (χ1v) is 5.65. The fourth-order valence-corrected chi connectivity index (χ4v) is 1.66. The number of aliphatic carboxylic acids is 1. The van der Waals surface area contributed by atoms with Gasteiger partial charge >= 0.3 is 12.1 Å². The second kappa shape index (κ2) is 7.23. The van der Waals surface area contributed by atoms with Crippen LogP contribution < -0.4 is 5.32 Å². The van der Waals surface area contributed by atoms with Gasteiger partial charge in [-0.05, 0) is 18.3 Å². The fraction of sp³-hybridized carbons (Fsp3) is 0.818. The SMILES string of the molecule is CC(C)CC(CNC(=O)CC(F)(F)F)CC(=O)O. The molecular formula is C11H18F3NO3. The third-order valence-electron chi connectivity index (χ3n) is 2.22. The Balaban J connectivity index is 4.17. The van der Waals surface area contributed by atoms with Crippen LogP contribution in [0.1, 0.15) is 33.1 Å². The highest BCUT2D eigenvalue weighted by atomic mass is 19.4. The van der Waals surface area contributed by atoms with Gasteiger partial charge in [-0.25, -0.2) is 0 Å². The predicted molar refractivity (Wildman–Crippen MR) is 58.9 cm³/mol. The lowest BCUT2D eigenvalue weighted by molar-refractivity contribution is -0.154. The summed E-state index contributed by atoms with van der Waals surface area (Å²) in [5, 5.41) is 10.8. The van der Waals surface area contributed by atoms with Crippen LogP contribution in [0.5, 0.6) is 0 Å². The van der Waals surface area contributed by atoms with Crippen molar-refractivity contribution in [1.29, 1.82) is 0 Å². The van der Waals surface area contributed by atoms with E-state index in [9.17, 15) is 22.8 Å². The summed E-state index contributed by atoms with van der Waals surface area (Å²) >= 11 is 0. The van der Waals surface area contributed by atoms with Gasteiger partial charge in [-0.15, -0.1) is 0 Å². The van der Waals surface area contributed by atoms with Crippen LogP contribution in [0, 0.1) is 11.8 Å². The van der Waals surface area contributed by atoms with Gasteiger partial charge in [0.1, 0.15) is 6.42 Å². The van der Waals surface area contributed by atoms with Gasteiger partial charge in [0.15, 0.2) is 0 Å². The molecule has 1 unspecified atom stereocenters. The second-order valence-electron chi connectivity index (χ2n) is 4.69. The molecule has 0 rings (SSSR count). The quantitative estimate of drug-likeness (QED) is 0.744. The first-order chi connectivity index (χ1) is 8.10. The number of amides is 1. The molecule has 0 aromatic heterocycles. The largest absolute Gasteiger partial charge is 0.481 e. The second-order valence-corrected chi connectivity index (χ2v) is 4.69. The van der Waals surface area contributed by atoms with E-state index in [0.717, 1.165) is 0 Å². The number of carbonyl (C=O) groups excluding carboxylic acids is 1. The lowest BCUT2D eigenvalue weighted by atomic mass is 9.94. The number of carboxylic acids is 1. The summed E-state index contributed by atoms with van der Waals surface area (Å²) in [6.45, 7) is 3.72. The van der Waals surface area contributed by atoms with Gasteiger partial charge in [0.05, 0.1) is 0 Å². The zero-order valence-corrected chi connectivity index (χ0v) is 10.4. The van der Waals surface area contributed by atoms with Crippen LogP contribution in [0.4, 0.5) is 13.2 Å². The summed E-state index contributed by atoms with van der Waals surface area (Å²) in [6.07, 6.45) is -5.69. The van der Waals surface area contributed by atoms with Crippen molar-refractivity contribution < 1.29 is 27.9 Å². The highest BCUT2D eigenvalue weighted by Gasteiger charge is 2.31. The first kappa shape index (κ1) is 16.7. The molecule has 0 radical (unpaired) electrons. The normalized spacial score (nSPS) is 13.4. The minimum absolute atomic E-state index is 0.0423. The number of hydrogen-bond donors (Lipinski definition) is 2. The molecule has 0 saturated heterocycles. The molecule has 106 valence electrons. The van der Waals surface area contributed by atoms with E-state index >= 15 is 0 Å². The Labute approximate surface area is 104 Å². The van der Waals surface area contributed by atoms with Crippen molar-refractivity contribution in [3.63, 3.8) is 0 Å². The standard InChI is InChI=1S/C11H18F3NO3/c1-7(2)3-8(4-10(17)18)6-15-9(16)5-11(12,13)14/h7-8H,3-6H2,1-2H3,(H,15,16)(H,17,18). The number of carboxylic acid groups (broad SMARTS) is 1. The van der Waals surface area contributed by atoms with Gasteiger partial charge in [-0.2, -0.15) is 13.2 Å². The molecule has 0 saturated carbocycles. The van der Waals surface area contributed by atoms with E-state index < -0.39 is 24.5 Å². The van der Waals surface area contributed by atoms with Crippen LogP contribution in [0.25, 0.3) is 0 Å². The summed E-state index contributed by atoms with van der Waals surface area (Å²) < 4.78 is 35.7. The predicted octanol–water partition coefficient (Wildman–Crippen LogP) is 2.19. The van der Waals surface area contributed by atoms with Crippen LogP contribution in [0.2, 0.25) is 0 Å². The third kappa shape index (κ3) is 9.92. The number of nitrogens with one attached hydrogen (secondary N) is 1.